The fourth-order valence-electron chi connectivity index (χ4n) is 4.72. The van der Waals surface area contributed by atoms with E-state index in [9.17, 15) is 10.2 Å². The third-order valence-electron chi connectivity index (χ3n) is 5.71. The molecule has 0 aliphatic heterocycles. The second-order valence-corrected chi connectivity index (χ2v) is 7.40. The van der Waals surface area contributed by atoms with E-state index in [1.807, 2.05) is 0 Å². The highest BCUT2D eigenvalue weighted by Gasteiger charge is 2.52. The first-order chi connectivity index (χ1) is 11.6. The van der Waals surface area contributed by atoms with Gasteiger partial charge >= 0.3 is 0 Å². The third kappa shape index (κ3) is 2.75. The molecule has 0 spiro atoms. The van der Waals surface area contributed by atoms with Gasteiger partial charge in [0.05, 0.1) is 6.21 Å². The summed E-state index contributed by atoms with van der Waals surface area (Å²) in [6, 6.07) is 4.71. The van der Waals surface area contributed by atoms with Crippen LogP contribution in [0.1, 0.15) is 24.8 Å². The summed E-state index contributed by atoms with van der Waals surface area (Å²) in [5.74, 6) is 3.22. The van der Waals surface area contributed by atoms with Gasteiger partial charge in [-0.05, 0) is 73.4 Å². The van der Waals surface area contributed by atoms with Crippen molar-refractivity contribution in [2.75, 3.05) is 0 Å². The number of nitrogens with zero attached hydrogens (tertiary/aromatic N) is 1. The summed E-state index contributed by atoms with van der Waals surface area (Å²) in [5, 5.41) is 27.1. The second-order valence-electron chi connectivity index (χ2n) is 6.99. The van der Waals surface area contributed by atoms with Crippen LogP contribution >= 0.6 is 12.2 Å². The summed E-state index contributed by atoms with van der Waals surface area (Å²) in [4.78, 5) is 0. The number of phenols is 2. The average molecular weight is 343 g/mol. The largest absolute Gasteiger partial charge is 0.508 e. The van der Waals surface area contributed by atoms with Crippen LogP contribution in [0, 0.1) is 23.7 Å². The zero-order chi connectivity index (χ0) is 16.7. The molecular weight excluding hydrogens is 322 g/mol. The number of nitrogens with one attached hydrogen (secondary N) is 2. The van der Waals surface area contributed by atoms with Crippen LogP contribution in [0.5, 0.6) is 11.5 Å². The van der Waals surface area contributed by atoms with Crippen LogP contribution in [-0.2, 0) is 0 Å². The number of benzene rings is 1. The van der Waals surface area contributed by atoms with Crippen LogP contribution in [0.2, 0.25) is 0 Å². The summed E-state index contributed by atoms with van der Waals surface area (Å²) in [6.45, 7) is 0. The molecule has 5 atom stereocenters. The van der Waals surface area contributed by atoms with Crippen molar-refractivity contribution in [1.82, 2.24) is 10.7 Å². The average Bonchev–Trinajstić information content (AvgIpc) is 3.23. The van der Waals surface area contributed by atoms with E-state index in [2.05, 4.69) is 28.0 Å². The fourth-order valence-corrected chi connectivity index (χ4v) is 4.92. The Morgan fingerprint density at radius 2 is 2.12 bits per heavy atom. The van der Waals surface area contributed by atoms with Gasteiger partial charge in [-0.2, -0.15) is 5.10 Å². The minimum Gasteiger partial charge on any atom is -0.508 e. The number of fused-ring (bicyclic) bond motifs is 5. The summed E-state index contributed by atoms with van der Waals surface area (Å²) >= 11 is 5.33. The summed E-state index contributed by atoms with van der Waals surface area (Å²) in [7, 11) is 0. The molecule has 4 N–H and O–H groups in total. The van der Waals surface area contributed by atoms with Crippen molar-refractivity contribution < 1.29 is 10.2 Å². The molecule has 0 aromatic heterocycles. The van der Waals surface area contributed by atoms with E-state index in [4.69, 9.17) is 12.2 Å². The quantitative estimate of drug-likeness (QED) is 0.223. The number of rotatable bonds is 3. The zero-order valence-corrected chi connectivity index (χ0v) is 14.0. The van der Waals surface area contributed by atoms with Gasteiger partial charge in [-0.25, -0.2) is 0 Å². The van der Waals surface area contributed by atoms with Gasteiger partial charge in [0.1, 0.15) is 11.5 Å². The standard InChI is InChI=1S/C18H21N3O2S/c22-12-4-5-17(23)11(6-12)9-19-21-18(24)20-16-8-10-7-15(16)14-3-1-2-13(10)14/h1,3-6,9-10,13-16,22-23H,2,7-8H2,(H2,20,21,24)/b19-9-/t10-,13+,14-,15+,16+/m0/s1. The van der Waals surface area contributed by atoms with E-state index in [-0.39, 0.29) is 11.5 Å². The monoisotopic (exact) mass is 343 g/mol. The summed E-state index contributed by atoms with van der Waals surface area (Å²) in [6.07, 6.45) is 9.91. The van der Waals surface area contributed by atoms with Gasteiger partial charge in [-0.3, -0.25) is 5.43 Å². The van der Waals surface area contributed by atoms with Gasteiger partial charge in [0, 0.05) is 11.6 Å². The Bertz CT molecular complexity index is 718. The number of hydrazone groups is 1. The molecule has 4 rings (SSSR count). The van der Waals surface area contributed by atoms with Crippen LogP contribution in [0.25, 0.3) is 0 Å². The molecule has 2 fully saturated rings. The predicted molar refractivity (Wildman–Crippen MR) is 97.0 cm³/mol. The molecule has 126 valence electrons. The van der Waals surface area contributed by atoms with Crippen molar-refractivity contribution in [3.63, 3.8) is 0 Å². The summed E-state index contributed by atoms with van der Waals surface area (Å²) in [5.41, 5.74) is 3.24. The Morgan fingerprint density at radius 1 is 1.25 bits per heavy atom. The van der Waals surface area contributed by atoms with E-state index in [0.29, 0.717) is 22.6 Å². The molecule has 1 aromatic rings. The van der Waals surface area contributed by atoms with Gasteiger partial charge in [-0.15, -0.1) is 0 Å². The lowest BCUT2D eigenvalue weighted by Gasteiger charge is -2.32. The van der Waals surface area contributed by atoms with Gasteiger partial charge in [-0.1, -0.05) is 12.2 Å². The molecule has 0 radical (unpaired) electrons. The molecule has 3 aliphatic rings. The first kappa shape index (κ1) is 15.4. The highest BCUT2D eigenvalue weighted by Crippen LogP contribution is 2.56. The maximum atomic E-state index is 9.70. The van der Waals surface area contributed by atoms with Gasteiger partial charge in [0.25, 0.3) is 0 Å². The smallest absolute Gasteiger partial charge is 0.187 e. The van der Waals surface area contributed by atoms with E-state index >= 15 is 0 Å². The molecule has 5 nitrogen and oxygen atoms in total. The number of allylic oxidation sites excluding steroid dienone is 2. The van der Waals surface area contributed by atoms with Crippen molar-refractivity contribution in [1.29, 1.82) is 0 Å². The lowest BCUT2D eigenvalue weighted by atomic mass is 9.79. The Morgan fingerprint density at radius 3 is 3.00 bits per heavy atom. The molecule has 0 amide bonds. The molecule has 0 saturated heterocycles. The van der Waals surface area contributed by atoms with E-state index in [1.54, 1.807) is 0 Å². The molecule has 0 unspecified atom stereocenters. The molecule has 1 aromatic carbocycles. The maximum absolute atomic E-state index is 9.70. The molecule has 3 aliphatic carbocycles. The van der Waals surface area contributed by atoms with Crippen LogP contribution in [0.15, 0.2) is 35.5 Å². The Labute approximate surface area is 146 Å². The van der Waals surface area contributed by atoms with Gasteiger partial charge in [0.2, 0.25) is 0 Å². The lowest BCUT2D eigenvalue weighted by molar-refractivity contribution is 0.246. The lowest BCUT2D eigenvalue weighted by Crippen LogP contribution is -2.45. The van der Waals surface area contributed by atoms with Crippen molar-refractivity contribution in [3.05, 3.63) is 35.9 Å². The summed E-state index contributed by atoms with van der Waals surface area (Å²) < 4.78 is 0. The molecule has 0 heterocycles. The number of hydrogen-bond donors (Lipinski definition) is 4. The van der Waals surface area contributed by atoms with Crippen LogP contribution in [-0.4, -0.2) is 27.6 Å². The van der Waals surface area contributed by atoms with Crippen LogP contribution < -0.4 is 10.7 Å². The first-order valence-electron chi connectivity index (χ1n) is 8.40. The number of hydrogen-bond acceptors (Lipinski definition) is 4. The Kier molecular flexibility index (Phi) is 3.92. The van der Waals surface area contributed by atoms with Crippen LogP contribution in [0.4, 0.5) is 0 Å². The molecule has 2 saturated carbocycles. The van der Waals surface area contributed by atoms with Crippen molar-refractivity contribution in [2.45, 2.75) is 25.3 Å². The molecular formula is C18H21N3O2S. The van der Waals surface area contributed by atoms with Gasteiger partial charge in [0.15, 0.2) is 5.11 Å². The third-order valence-corrected chi connectivity index (χ3v) is 5.92. The molecule has 2 bridgehead atoms. The highest BCUT2D eigenvalue weighted by molar-refractivity contribution is 7.80. The van der Waals surface area contributed by atoms with Crippen molar-refractivity contribution in [2.24, 2.45) is 28.8 Å². The Balaban J connectivity index is 1.32. The predicted octanol–water partition coefficient (Wildman–Crippen LogP) is 2.50. The number of thiocarbonyl (C=S) groups is 1. The minimum atomic E-state index is 0.0596. The van der Waals surface area contributed by atoms with Gasteiger partial charge < -0.3 is 15.5 Å². The maximum Gasteiger partial charge on any atom is 0.187 e. The second kappa shape index (κ2) is 6.09. The van der Waals surface area contributed by atoms with E-state index in [0.717, 1.165) is 17.8 Å². The van der Waals surface area contributed by atoms with Crippen LogP contribution in [0.3, 0.4) is 0 Å². The first-order valence-corrected chi connectivity index (χ1v) is 8.81. The highest BCUT2D eigenvalue weighted by atomic mass is 32.1. The molecule has 24 heavy (non-hydrogen) atoms. The Hall–Kier alpha value is -2.08. The number of aromatic hydroxyl groups is 2. The fraction of sp³-hybridized carbons (Fsp3) is 0.444. The van der Waals surface area contributed by atoms with E-state index < -0.39 is 0 Å². The SMILES string of the molecule is Oc1ccc(O)c(/C=N\NC(=S)N[C@@H]2C[C@@H]3C[C@@H]2[C@H]2C=CC[C@H]32)c1. The molecule has 6 heteroatoms. The van der Waals surface area contributed by atoms with Crippen molar-refractivity contribution in [3.8, 4) is 11.5 Å². The minimum absolute atomic E-state index is 0.0596. The normalized spacial score (nSPS) is 33.1. The number of phenolic OH excluding ortho intramolecular Hbond substituents is 2. The topological polar surface area (TPSA) is 76.9 Å². The zero-order valence-electron chi connectivity index (χ0n) is 13.2. The van der Waals surface area contributed by atoms with E-state index in [1.165, 1.54) is 43.7 Å². The van der Waals surface area contributed by atoms with Crippen molar-refractivity contribution >= 4 is 23.5 Å².